The predicted molar refractivity (Wildman–Crippen MR) is 68.5 cm³/mol. The molecule has 0 saturated heterocycles. The van der Waals surface area contributed by atoms with Crippen LogP contribution in [0.25, 0.3) is 0 Å². The normalized spacial score (nSPS) is 23.8. The van der Waals surface area contributed by atoms with Gasteiger partial charge in [0.25, 0.3) is 0 Å². The van der Waals surface area contributed by atoms with Gasteiger partial charge in [-0.15, -0.1) is 0 Å². The lowest BCUT2D eigenvalue weighted by atomic mass is 9.94. The Balaban J connectivity index is 1.80. The monoisotopic (exact) mass is 232 g/mol. The molecule has 2 unspecified atom stereocenters. The third kappa shape index (κ3) is 3.18. The highest BCUT2D eigenvalue weighted by molar-refractivity contribution is 5.16. The Morgan fingerprint density at radius 2 is 2.06 bits per heavy atom. The molecule has 92 valence electrons. The second-order valence-corrected chi connectivity index (χ2v) is 4.76. The van der Waals surface area contributed by atoms with Crippen LogP contribution in [0.15, 0.2) is 42.0 Å². The lowest BCUT2D eigenvalue weighted by Gasteiger charge is -2.19. The average molecular weight is 232 g/mol. The van der Waals surface area contributed by atoms with Gasteiger partial charge < -0.3 is 9.84 Å². The summed E-state index contributed by atoms with van der Waals surface area (Å²) >= 11 is 0. The fraction of sp³-hybridized carbons (Fsp3) is 0.467. The first kappa shape index (κ1) is 12.3. The molecule has 2 heteroatoms. The third-order valence-corrected chi connectivity index (χ3v) is 3.51. The van der Waals surface area contributed by atoms with Crippen molar-refractivity contribution in [3.63, 3.8) is 0 Å². The van der Waals surface area contributed by atoms with Gasteiger partial charge in [-0.3, -0.25) is 0 Å². The van der Waals surface area contributed by atoms with Crippen LogP contribution in [0.5, 0.6) is 0 Å². The molecule has 2 nitrogen and oxygen atoms in total. The van der Waals surface area contributed by atoms with E-state index < -0.39 is 0 Å². The van der Waals surface area contributed by atoms with Crippen molar-refractivity contribution >= 4 is 0 Å². The number of benzene rings is 1. The standard InChI is InChI=1S/C15H20O2/c1-12-7-8-14(9-16)15(12)11-17-10-13-5-3-2-4-6-13/h2-6,8,12,15-16H,7,9-11H2,1H3. The van der Waals surface area contributed by atoms with Crippen molar-refractivity contribution in [1.29, 1.82) is 0 Å². The molecule has 0 amide bonds. The van der Waals surface area contributed by atoms with Gasteiger partial charge in [0.2, 0.25) is 0 Å². The molecule has 1 N–H and O–H groups in total. The highest BCUT2D eigenvalue weighted by Gasteiger charge is 2.25. The van der Waals surface area contributed by atoms with Gasteiger partial charge in [-0.25, -0.2) is 0 Å². The van der Waals surface area contributed by atoms with Crippen LogP contribution in [0, 0.1) is 11.8 Å². The van der Waals surface area contributed by atoms with E-state index in [1.165, 1.54) is 5.56 Å². The zero-order chi connectivity index (χ0) is 12.1. The minimum absolute atomic E-state index is 0.170. The van der Waals surface area contributed by atoms with E-state index in [2.05, 4.69) is 25.1 Å². The maximum absolute atomic E-state index is 9.25. The molecule has 0 bridgehead atoms. The molecular formula is C15H20O2. The molecule has 1 aliphatic carbocycles. The highest BCUT2D eigenvalue weighted by atomic mass is 16.5. The largest absolute Gasteiger partial charge is 0.392 e. The summed E-state index contributed by atoms with van der Waals surface area (Å²) in [4.78, 5) is 0. The fourth-order valence-corrected chi connectivity index (χ4v) is 2.35. The SMILES string of the molecule is CC1CC=C(CO)C1COCc1ccccc1. The molecule has 1 aromatic carbocycles. The van der Waals surface area contributed by atoms with Crippen molar-refractivity contribution < 1.29 is 9.84 Å². The summed E-state index contributed by atoms with van der Waals surface area (Å²) in [5, 5.41) is 9.25. The van der Waals surface area contributed by atoms with E-state index in [1.54, 1.807) is 0 Å². The number of rotatable bonds is 5. The van der Waals surface area contributed by atoms with Gasteiger partial charge in [0.1, 0.15) is 0 Å². The van der Waals surface area contributed by atoms with Crippen molar-refractivity contribution in [1.82, 2.24) is 0 Å². The van der Waals surface area contributed by atoms with Gasteiger partial charge in [-0.2, -0.15) is 0 Å². The van der Waals surface area contributed by atoms with E-state index in [1.807, 2.05) is 18.2 Å². The van der Waals surface area contributed by atoms with E-state index in [0.29, 0.717) is 25.0 Å². The molecule has 0 radical (unpaired) electrons. The first-order valence-corrected chi connectivity index (χ1v) is 6.22. The maximum Gasteiger partial charge on any atom is 0.0717 e. The molecule has 2 atom stereocenters. The van der Waals surface area contributed by atoms with Gasteiger partial charge in [-0.1, -0.05) is 43.3 Å². The summed E-state index contributed by atoms with van der Waals surface area (Å²) in [6.45, 7) is 3.75. The van der Waals surface area contributed by atoms with E-state index in [-0.39, 0.29) is 6.61 Å². The van der Waals surface area contributed by atoms with E-state index in [0.717, 1.165) is 12.0 Å². The van der Waals surface area contributed by atoms with Crippen LogP contribution >= 0.6 is 0 Å². The molecular weight excluding hydrogens is 212 g/mol. The van der Waals surface area contributed by atoms with Crippen molar-refractivity contribution in [3.05, 3.63) is 47.5 Å². The summed E-state index contributed by atoms with van der Waals surface area (Å²) < 4.78 is 5.75. The van der Waals surface area contributed by atoms with Crippen molar-refractivity contribution in [3.8, 4) is 0 Å². The van der Waals surface area contributed by atoms with E-state index in [4.69, 9.17) is 4.74 Å². The zero-order valence-corrected chi connectivity index (χ0v) is 10.3. The first-order valence-electron chi connectivity index (χ1n) is 6.22. The topological polar surface area (TPSA) is 29.5 Å². The predicted octanol–water partition coefficient (Wildman–Crippen LogP) is 2.78. The molecule has 0 spiro atoms. The lowest BCUT2D eigenvalue weighted by molar-refractivity contribution is 0.0815. The van der Waals surface area contributed by atoms with Crippen molar-refractivity contribution in [2.24, 2.45) is 11.8 Å². The summed E-state index contributed by atoms with van der Waals surface area (Å²) in [5.41, 5.74) is 2.35. The summed E-state index contributed by atoms with van der Waals surface area (Å²) in [6.07, 6.45) is 3.22. The molecule has 2 rings (SSSR count). The second kappa shape index (κ2) is 5.99. The Hall–Kier alpha value is -1.12. The highest BCUT2D eigenvalue weighted by Crippen LogP contribution is 2.31. The van der Waals surface area contributed by atoms with Crippen LogP contribution in [0.2, 0.25) is 0 Å². The minimum atomic E-state index is 0.170. The molecule has 1 aliphatic rings. The lowest BCUT2D eigenvalue weighted by Crippen LogP contribution is -2.17. The maximum atomic E-state index is 9.25. The molecule has 0 saturated carbocycles. The Morgan fingerprint density at radius 1 is 1.29 bits per heavy atom. The Bertz CT molecular complexity index is 370. The van der Waals surface area contributed by atoms with Crippen LogP contribution in [0.1, 0.15) is 18.9 Å². The number of aliphatic hydroxyl groups is 1. The Kier molecular flexibility index (Phi) is 4.35. The number of hydrogen-bond donors (Lipinski definition) is 1. The van der Waals surface area contributed by atoms with Crippen LogP contribution in [0.4, 0.5) is 0 Å². The van der Waals surface area contributed by atoms with Crippen LogP contribution in [-0.4, -0.2) is 18.3 Å². The van der Waals surface area contributed by atoms with Crippen molar-refractivity contribution in [2.75, 3.05) is 13.2 Å². The van der Waals surface area contributed by atoms with Crippen LogP contribution < -0.4 is 0 Å². The van der Waals surface area contributed by atoms with Gasteiger partial charge in [0, 0.05) is 5.92 Å². The third-order valence-electron chi connectivity index (χ3n) is 3.51. The number of aliphatic hydroxyl groups excluding tert-OH is 1. The molecule has 0 aromatic heterocycles. The Morgan fingerprint density at radius 3 is 2.76 bits per heavy atom. The molecule has 0 heterocycles. The molecule has 1 aromatic rings. The van der Waals surface area contributed by atoms with Gasteiger partial charge in [0.15, 0.2) is 0 Å². The fourth-order valence-electron chi connectivity index (χ4n) is 2.35. The number of hydrogen-bond acceptors (Lipinski definition) is 2. The zero-order valence-electron chi connectivity index (χ0n) is 10.3. The minimum Gasteiger partial charge on any atom is -0.392 e. The Labute approximate surface area is 103 Å². The van der Waals surface area contributed by atoms with Crippen LogP contribution in [0.3, 0.4) is 0 Å². The van der Waals surface area contributed by atoms with Gasteiger partial charge >= 0.3 is 0 Å². The summed E-state index contributed by atoms with van der Waals surface area (Å²) in [5.74, 6) is 0.983. The number of allylic oxidation sites excluding steroid dienone is 1. The van der Waals surface area contributed by atoms with Crippen molar-refractivity contribution in [2.45, 2.75) is 20.0 Å². The molecule has 17 heavy (non-hydrogen) atoms. The summed E-state index contributed by atoms with van der Waals surface area (Å²) in [7, 11) is 0. The van der Waals surface area contributed by atoms with Gasteiger partial charge in [0.05, 0.1) is 19.8 Å². The average Bonchev–Trinajstić information content (AvgIpc) is 2.72. The second-order valence-electron chi connectivity index (χ2n) is 4.76. The smallest absolute Gasteiger partial charge is 0.0717 e. The summed E-state index contributed by atoms with van der Waals surface area (Å²) in [6, 6.07) is 10.2. The van der Waals surface area contributed by atoms with E-state index in [9.17, 15) is 5.11 Å². The molecule has 0 aliphatic heterocycles. The van der Waals surface area contributed by atoms with Crippen LogP contribution in [-0.2, 0) is 11.3 Å². The first-order chi connectivity index (χ1) is 8.31. The van der Waals surface area contributed by atoms with E-state index >= 15 is 0 Å². The van der Waals surface area contributed by atoms with Gasteiger partial charge in [-0.05, 0) is 23.5 Å². The number of ether oxygens (including phenoxy) is 1. The molecule has 0 fully saturated rings. The quantitative estimate of drug-likeness (QED) is 0.791.